The molecule has 0 aliphatic heterocycles. The lowest BCUT2D eigenvalue weighted by molar-refractivity contribution is 0.141. The van der Waals surface area contributed by atoms with Crippen LogP contribution >= 0.6 is 0 Å². The monoisotopic (exact) mass is 251 g/mol. The van der Waals surface area contributed by atoms with Crippen molar-refractivity contribution in [2.45, 2.75) is 32.7 Å². The number of ether oxygens (including phenoxy) is 2. The van der Waals surface area contributed by atoms with E-state index in [2.05, 4.69) is 24.4 Å². The van der Waals surface area contributed by atoms with Crippen molar-refractivity contribution < 1.29 is 9.47 Å². The highest BCUT2D eigenvalue weighted by Gasteiger charge is 2.09. The summed E-state index contributed by atoms with van der Waals surface area (Å²) in [4.78, 5) is 0. The highest BCUT2D eigenvalue weighted by Crippen LogP contribution is 2.21. The number of hydrogen-bond donors (Lipinski definition) is 1. The Labute approximate surface area is 110 Å². The number of rotatable bonds is 9. The first-order valence-electron chi connectivity index (χ1n) is 6.76. The van der Waals surface area contributed by atoms with Crippen LogP contribution in [0.3, 0.4) is 0 Å². The van der Waals surface area contributed by atoms with Crippen molar-refractivity contribution in [3.05, 3.63) is 29.8 Å². The Morgan fingerprint density at radius 1 is 1.17 bits per heavy atom. The van der Waals surface area contributed by atoms with E-state index in [1.807, 2.05) is 19.1 Å². The number of nitrogens with one attached hydrogen (secondary N) is 1. The van der Waals surface area contributed by atoms with E-state index in [-0.39, 0.29) is 0 Å². The normalized spacial score (nSPS) is 12.4. The molecule has 1 rings (SSSR count). The summed E-state index contributed by atoms with van der Waals surface area (Å²) in [6, 6.07) is 8.70. The second kappa shape index (κ2) is 8.95. The highest BCUT2D eigenvalue weighted by molar-refractivity contribution is 5.29. The summed E-state index contributed by atoms with van der Waals surface area (Å²) in [7, 11) is 1.69. The molecule has 0 bridgehead atoms. The van der Waals surface area contributed by atoms with E-state index in [4.69, 9.17) is 9.47 Å². The largest absolute Gasteiger partial charge is 0.497 e. The van der Waals surface area contributed by atoms with Gasteiger partial charge in [-0.3, -0.25) is 0 Å². The fourth-order valence-electron chi connectivity index (χ4n) is 2.00. The van der Waals surface area contributed by atoms with E-state index in [0.717, 1.165) is 38.3 Å². The van der Waals surface area contributed by atoms with E-state index in [9.17, 15) is 0 Å². The number of hydrogen-bond acceptors (Lipinski definition) is 3. The van der Waals surface area contributed by atoms with E-state index < -0.39 is 0 Å². The van der Waals surface area contributed by atoms with Crippen molar-refractivity contribution in [2.24, 2.45) is 0 Å². The smallest absolute Gasteiger partial charge is 0.118 e. The maximum atomic E-state index is 5.39. The summed E-state index contributed by atoms with van der Waals surface area (Å²) in [6.07, 6.45) is 2.18. The second-order valence-corrected chi connectivity index (χ2v) is 4.22. The van der Waals surface area contributed by atoms with Crippen LogP contribution in [0.25, 0.3) is 0 Å². The Kier molecular flexibility index (Phi) is 7.46. The van der Waals surface area contributed by atoms with Crippen LogP contribution in [0.15, 0.2) is 24.3 Å². The first-order valence-corrected chi connectivity index (χ1v) is 6.76. The van der Waals surface area contributed by atoms with Gasteiger partial charge in [0.15, 0.2) is 0 Å². The SMILES string of the molecule is CCNC(CCCOCC)c1ccc(OC)cc1. The van der Waals surface area contributed by atoms with Gasteiger partial charge < -0.3 is 14.8 Å². The Bertz CT molecular complexity index is 311. The van der Waals surface area contributed by atoms with Gasteiger partial charge in [-0.05, 0) is 44.0 Å². The molecule has 3 nitrogen and oxygen atoms in total. The molecule has 0 amide bonds. The maximum absolute atomic E-state index is 5.39. The minimum atomic E-state index is 0.404. The lowest BCUT2D eigenvalue weighted by atomic mass is 10.0. The molecule has 0 saturated carbocycles. The van der Waals surface area contributed by atoms with Crippen LogP contribution in [0, 0.1) is 0 Å². The quantitative estimate of drug-likeness (QED) is 0.684. The van der Waals surface area contributed by atoms with Crippen molar-refractivity contribution in [3.63, 3.8) is 0 Å². The molecule has 0 saturated heterocycles. The van der Waals surface area contributed by atoms with Gasteiger partial charge >= 0.3 is 0 Å². The van der Waals surface area contributed by atoms with Gasteiger partial charge in [-0.15, -0.1) is 0 Å². The van der Waals surface area contributed by atoms with E-state index in [1.54, 1.807) is 7.11 Å². The lowest BCUT2D eigenvalue weighted by Crippen LogP contribution is -2.21. The third-order valence-corrected chi connectivity index (χ3v) is 2.95. The van der Waals surface area contributed by atoms with Gasteiger partial charge in [-0.25, -0.2) is 0 Å². The third kappa shape index (κ3) is 5.07. The van der Waals surface area contributed by atoms with Gasteiger partial charge in [-0.2, -0.15) is 0 Å². The predicted octanol–water partition coefficient (Wildman–Crippen LogP) is 3.16. The molecule has 1 atom stereocenters. The second-order valence-electron chi connectivity index (χ2n) is 4.22. The highest BCUT2D eigenvalue weighted by atomic mass is 16.5. The van der Waals surface area contributed by atoms with Crippen LogP contribution in [0.4, 0.5) is 0 Å². The molecular formula is C15H25NO2. The van der Waals surface area contributed by atoms with E-state index >= 15 is 0 Å². The van der Waals surface area contributed by atoms with Crippen molar-refractivity contribution >= 4 is 0 Å². The molecule has 0 fully saturated rings. The first kappa shape index (κ1) is 15.0. The summed E-state index contributed by atoms with van der Waals surface area (Å²) >= 11 is 0. The molecule has 102 valence electrons. The summed E-state index contributed by atoms with van der Waals surface area (Å²) in [5, 5.41) is 3.52. The fraction of sp³-hybridized carbons (Fsp3) is 0.600. The first-order chi connectivity index (χ1) is 8.81. The van der Waals surface area contributed by atoms with Crippen molar-refractivity contribution in [3.8, 4) is 5.75 Å². The molecule has 1 unspecified atom stereocenters. The average Bonchev–Trinajstić information content (AvgIpc) is 2.42. The zero-order valence-corrected chi connectivity index (χ0v) is 11.7. The molecule has 0 aromatic heterocycles. The average molecular weight is 251 g/mol. The van der Waals surface area contributed by atoms with Gasteiger partial charge in [0.05, 0.1) is 7.11 Å². The van der Waals surface area contributed by atoms with Gasteiger partial charge in [0, 0.05) is 19.3 Å². The molecule has 1 aromatic carbocycles. The minimum absolute atomic E-state index is 0.404. The Morgan fingerprint density at radius 2 is 1.89 bits per heavy atom. The summed E-state index contributed by atoms with van der Waals surface area (Å²) in [5.41, 5.74) is 1.31. The van der Waals surface area contributed by atoms with Crippen LogP contribution in [-0.2, 0) is 4.74 Å². The van der Waals surface area contributed by atoms with E-state index in [1.165, 1.54) is 5.56 Å². The van der Waals surface area contributed by atoms with E-state index in [0.29, 0.717) is 6.04 Å². The van der Waals surface area contributed by atoms with Gasteiger partial charge in [0.1, 0.15) is 5.75 Å². The standard InChI is InChI=1S/C15H25NO2/c1-4-16-15(7-6-12-18-5-2)13-8-10-14(17-3)11-9-13/h8-11,15-16H,4-7,12H2,1-3H3. The molecule has 0 aliphatic carbocycles. The van der Waals surface area contributed by atoms with Crippen LogP contribution in [0.1, 0.15) is 38.3 Å². The molecule has 18 heavy (non-hydrogen) atoms. The maximum Gasteiger partial charge on any atom is 0.118 e. The predicted molar refractivity (Wildman–Crippen MR) is 75.1 cm³/mol. The molecule has 1 aromatic rings. The van der Waals surface area contributed by atoms with Crippen LogP contribution in [0.5, 0.6) is 5.75 Å². The summed E-state index contributed by atoms with van der Waals surface area (Å²) in [6.45, 7) is 6.79. The van der Waals surface area contributed by atoms with Crippen molar-refractivity contribution in [1.82, 2.24) is 5.32 Å². The molecule has 0 spiro atoms. The molecule has 3 heteroatoms. The molecule has 0 radical (unpaired) electrons. The molecule has 0 heterocycles. The zero-order valence-electron chi connectivity index (χ0n) is 11.7. The summed E-state index contributed by atoms with van der Waals surface area (Å²) in [5.74, 6) is 0.906. The van der Waals surface area contributed by atoms with Crippen molar-refractivity contribution in [1.29, 1.82) is 0 Å². The molecular weight excluding hydrogens is 226 g/mol. The fourth-order valence-corrected chi connectivity index (χ4v) is 2.00. The number of benzene rings is 1. The van der Waals surface area contributed by atoms with Gasteiger partial charge in [-0.1, -0.05) is 19.1 Å². The Balaban J connectivity index is 2.53. The van der Waals surface area contributed by atoms with Crippen molar-refractivity contribution in [2.75, 3.05) is 26.9 Å². The van der Waals surface area contributed by atoms with Gasteiger partial charge in [0.25, 0.3) is 0 Å². The van der Waals surface area contributed by atoms with Crippen LogP contribution < -0.4 is 10.1 Å². The lowest BCUT2D eigenvalue weighted by Gasteiger charge is -2.18. The third-order valence-electron chi connectivity index (χ3n) is 2.95. The van der Waals surface area contributed by atoms with Gasteiger partial charge in [0.2, 0.25) is 0 Å². The topological polar surface area (TPSA) is 30.5 Å². The van der Waals surface area contributed by atoms with Crippen LogP contribution in [0.2, 0.25) is 0 Å². The molecule has 1 N–H and O–H groups in total. The molecule has 0 aliphatic rings. The number of methoxy groups -OCH3 is 1. The van der Waals surface area contributed by atoms with Crippen LogP contribution in [-0.4, -0.2) is 26.9 Å². The Hall–Kier alpha value is -1.06. The zero-order chi connectivity index (χ0) is 13.2. The Morgan fingerprint density at radius 3 is 2.44 bits per heavy atom. The minimum Gasteiger partial charge on any atom is -0.497 e. The summed E-state index contributed by atoms with van der Waals surface area (Å²) < 4.78 is 10.6.